The molecule has 1 saturated heterocycles. The van der Waals surface area contributed by atoms with Crippen molar-refractivity contribution in [3.63, 3.8) is 0 Å². The molecule has 1 aromatic rings. The predicted molar refractivity (Wildman–Crippen MR) is 78.2 cm³/mol. The van der Waals surface area contributed by atoms with Crippen molar-refractivity contribution in [3.05, 3.63) is 24.5 Å². The normalized spacial score (nSPS) is 16.4. The molecule has 0 bridgehead atoms. The first-order valence-electron chi connectivity index (χ1n) is 6.68. The quantitative estimate of drug-likeness (QED) is 0.305. The number of rotatable bonds is 4. The summed E-state index contributed by atoms with van der Waals surface area (Å²) in [5.74, 6) is 0.467. The first kappa shape index (κ1) is 14.2. The van der Waals surface area contributed by atoms with Gasteiger partial charge in [-0.2, -0.15) is 5.26 Å². The lowest BCUT2D eigenvalue weighted by molar-refractivity contribution is 0.247. The van der Waals surface area contributed by atoms with Crippen molar-refractivity contribution < 1.29 is 0 Å². The largest absolute Gasteiger partial charge is 0.325 e. The number of pyridine rings is 1. The van der Waals surface area contributed by atoms with Crippen LogP contribution < -0.4 is 16.0 Å². The van der Waals surface area contributed by atoms with Crippen LogP contribution in [0, 0.1) is 11.5 Å². The Bertz CT molecular complexity index is 459. The number of nitriles is 1. The second-order valence-electron chi connectivity index (χ2n) is 4.42. The van der Waals surface area contributed by atoms with Crippen molar-refractivity contribution in [1.82, 2.24) is 20.5 Å². The van der Waals surface area contributed by atoms with Crippen LogP contribution in [0.3, 0.4) is 0 Å². The van der Waals surface area contributed by atoms with Crippen molar-refractivity contribution >= 4 is 11.6 Å². The summed E-state index contributed by atoms with van der Waals surface area (Å²) >= 11 is 0. The number of guanidine groups is 1. The van der Waals surface area contributed by atoms with Crippen LogP contribution in [0.25, 0.3) is 0 Å². The van der Waals surface area contributed by atoms with E-state index in [-0.39, 0.29) is 0 Å². The van der Waals surface area contributed by atoms with E-state index in [1.807, 2.05) is 18.3 Å². The van der Waals surface area contributed by atoms with Crippen molar-refractivity contribution in [2.24, 2.45) is 4.99 Å². The Labute approximate surface area is 118 Å². The maximum atomic E-state index is 8.75. The van der Waals surface area contributed by atoms with E-state index >= 15 is 0 Å². The molecule has 0 spiro atoms. The number of piperazine rings is 1. The number of anilines is 1. The highest BCUT2D eigenvalue weighted by Gasteiger charge is 2.08. The molecular formula is C13H19N7. The third kappa shape index (κ3) is 4.84. The van der Waals surface area contributed by atoms with Gasteiger partial charge in [-0.1, -0.05) is 0 Å². The maximum absolute atomic E-state index is 8.75. The smallest absolute Gasteiger partial charge is 0.209 e. The number of hydrogen-bond donors (Lipinski definition) is 3. The van der Waals surface area contributed by atoms with Gasteiger partial charge < -0.3 is 10.6 Å². The highest BCUT2D eigenvalue weighted by Crippen LogP contribution is 2.02. The monoisotopic (exact) mass is 273 g/mol. The third-order valence-electron chi connectivity index (χ3n) is 3.01. The average molecular weight is 273 g/mol. The molecule has 0 aliphatic carbocycles. The van der Waals surface area contributed by atoms with Crippen LogP contribution in [0.2, 0.25) is 0 Å². The van der Waals surface area contributed by atoms with Crippen molar-refractivity contribution in [2.75, 3.05) is 44.6 Å². The lowest BCUT2D eigenvalue weighted by Gasteiger charge is -2.26. The lowest BCUT2D eigenvalue weighted by Crippen LogP contribution is -2.44. The van der Waals surface area contributed by atoms with Crippen LogP contribution >= 0.6 is 0 Å². The molecule has 0 amide bonds. The fourth-order valence-electron chi connectivity index (χ4n) is 1.97. The molecular weight excluding hydrogens is 254 g/mol. The Morgan fingerprint density at radius 3 is 2.85 bits per heavy atom. The van der Waals surface area contributed by atoms with Gasteiger partial charge in [-0.3, -0.25) is 20.2 Å². The molecule has 0 atom stereocenters. The van der Waals surface area contributed by atoms with Gasteiger partial charge in [0.1, 0.15) is 0 Å². The zero-order valence-corrected chi connectivity index (χ0v) is 11.3. The second-order valence-corrected chi connectivity index (χ2v) is 4.42. The molecule has 1 aromatic heterocycles. The van der Waals surface area contributed by atoms with Crippen LogP contribution in [0.5, 0.6) is 0 Å². The Morgan fingerprint density at radius 2 is 2.15 bits per heavy atom. The molecule has 2 heterocycles. The fraction of sp³-hybridized carbons (Fsp3) is 0.462. The highest BCUT2D eigenvalue weighted by molar-refractivity contribution is 5.94. The molecule has 2 rings (SSSR count). The van der Waals surface area contributed by atoms with Gasteiger partial charge in [-0.15, -0.1) is 0 Å². The van der Waals surface area contributed by atoms with Gasteiger partial charge in [0, 0.05) is 50.8 Å². The number of aliphatic imine (C=N–C) groups is 1. The Morgan fingerprint density at radius 1 is 1.40 bits per heavy atom. The van der Waals surface area contributed by atoms with E-state index in [2.05, 4.69) is 30.8 Å². The summed E-state index contributed by atoms with van der Waals surface area (Å²) in [5, 5.41) is 17.7. The van der Waals surface area contributed by atoms with E-state index in [0.717, 1.165) is 38.4 Å². The van der Waals surface area contributed by atoms with Crippen LogP contribution in [-0.2, 0) is 0 Å². The molecule has 0 aromatic carbocycles. The minimum absolute atomic E-state index is 0.467. The molecule has 20 heavy (non-hydrogen) atoms. The van der Waals surface area contributed by atoms with E-state index in [1.165, 1.54) is 0 Å². The standard InChI is InChI=1S/C13H19N7/c14-11-18-13(19-12-1-3-15-4-2-12)17-7-10-20-8-5-16-6-9-20/h1-4,16H,5-10H2,(H2,15,17,18,19). The highest BCUT2D eigenvalue weighted by atomic mass is 15.2. The van der Waals surface area contributed by atoms with Crippen LogP contribution in [0.4, 0.5) is 5.69 Å². The molecule has 0 saturated carbocycles. The van der Waals surface area contributed by atoms with Crippen molar-refractivity contribution in [1.29, 1.82) is 5.26 Å². The number of aromatic nitrogens is 1. The minimum atomic E-state index is 0.467. The summed E-state index contributed by atoms with van der Waals surface area (Å²) in [5.41, 5.74) is 0.851. The first-order chi connectivity index (χ1) is 9.88. The van der Waals surface area contributed by atoms with Gasteiger partial charge in [0.05, 0.1) is 6.54 Å². The number of hydrogen-bond acceptors (Lipinski definition) is 5. The topological polar surface area (TPSA) is 88.4 Å². The summed E-state index contributed by atoms with van der Waals surface area (Å²) < 4.78 is 0. The Hall–Kier alpha value is -2.17. The SMILES string of the molecule is N#CNC(=NCCN1CCNCC1)Nc1ccncc1. The van der Waals surface area contributed by atoms with Crippen molar-refractivity contribution in [2.45, 2.75) is 0 Å². The van der Waals surface area contributed by atoms with Gasteiger partial charge in [0.15, 0.2) is 6.19 Å². The van der Waals surface area contributed by atoms with E-state index in [9.17, 15) is 0 Å². The summed E-state index contributed by atoms with van der Waals surface area (Å²) in [6, 6.07) is 3.65. The van der Waals surface area contributed by atoms with Crippen LogP contribution in [0.1, 0.15) is 0 Å². The fourth-order valence-corrected chi connectivity index (χ4v) is 1.97. The molecule has 0 radical (unpaired) electrons. The zero-order valence-electron chi connectivity index (χ0n) is 11.3. The molecule has 1 fully saturated rings. The summed E-state index contributed by atoms with van der Waals surface area (Å²) in [6.07, 6.45) is 5.27. The molecule has 1 aliphatic heterocycles. The van der Waals surface area contributed by atoms with E-state index in [1.54, 1.807) is 12.4 Å². The molecule has 106 valence electrons. The maximum Gasteiger partial charge on any atom is 0.209 e. The van der Waals surface area contributed by atoms with E-state index < -0.39 is 0 Å². The van der Waals surface area contributed by atoms with Gasteiger partial charge in [0.25, 0.3) is 0 Å². The third-order valence-corrected chi connectivity index (χ3v) is 3.01. The van der Waals surface area contributed by atoms with Crippen LogP contribution in [0.15, 0.2) is 29.5 Å². The summed E-state index contributed by atoms with van der Waals surface area (Å²) in [4.78, 5) is 10.7. The van der Waals surface area contributed by atoms with Crippen molar-refractivity contribution in [3.8, 4) is 6.19 Å². The molecule has 0 unspecified atom stereocenters. The summed E-state index contributed by atoms with van der Waals surface area (Å²) in [6.45, 7) is 5.71. The van der Waals surface area contributed by atoms with E-state index in [0.29, 0.717) is 12.5 Å². The minimum Gasteiger partial charge on any atom is -0.325 e. The van der Waals surface area contributed by atoms with Gasteiger partial charge in [-0.05, 0) is 12.1 Å². The number of nitrogens with one attached hydrogen (secondary N) is 3. The van der Waals surface area contributed by atoms with E-state index in [4.69, 9.17) is 5.26 Å². The predicted octanol–water partition coefficient (Wildman–Crippen LogP) is -0.175. The summed E-state index contributed by atoms with van der Waals surface area (Å²) in [7, 11) is 0. The zero-order chi connectivity index (χ0) is 14.0. The average Bonchev–Trinajstić information content (AvgIpc) is 2.49. The van der Waals surface area contributed by atoms with Crippen LogP contribution in [-0.4, -0.2) is 55.1 Å². The lowest BCUT2D eigenvalue weighted by atomic mass is 10.3. The van der Waals surface area contributed by atoms with Gasteiger partial charge in [-0.25, -0.2) is 0 Å². The molecule has 1 aliphatic rings. The second kappa shape index (κ2) is 8.09. The molecule has 3 N–H and O–H groups in total. The molecule has 7 nitrogen and oxygen atoms in total. The number of nitrogens with zero attached hydrogens (tertiary/aromatic N) is 4. The van der Waals surface area contributed by atoms with Gasteiger partial charge >= 0.3 is 0 Å². The Kier molecular flexibility index (Phi) is 5.76. The molecule has 7 heteroatoms. The Balaban J connectivity index is 1.84. The van der Waals surface area contributed by atoms with Gasteiger partial charge in [0.2, 0.25) is 5.96 Å². The first-order valence-corrected chi connectivity index (χ1v) is 6.68.